The van der Waals surface area contributed by atoms with Gasteiger partial charge < -0.3 is 9.73 Å². The molecule has 0 spiro atoms. The van der Waals surface area contributed by atoms with Crippen molar-refractivity contribution < 1.29 is 4.42 Å². The lowest BCUT2D eigenvalue weighted by atomic mass is 10.1. The van der Waals surface area contributed by atoms with E-state index in [-0.39, 0.29) is 0 Å². The van der Waals surface area contributed by atoms with Gasteiger partial charge in [0, 0.05) is 23.2 Å². The number of rotatable bonds is 4. The Morgan fingerprint density at radius 3 is 3.00 bits per heavy atom. The molecule has 1 N–H and O–H groups in total. The summed E-state index contributed by atoms with van der Waals surface area (Å²) in [4.78, 5) is 4.39. The van der Waals surface area contributed by atoms with Crippen molar-refractivity contribution in [2.24, 2.45) is 0 Å². The summed E-state index contributed by atoms with van der Waals surface area (Å²) >= 11 is 0. The molecule has 3 nitrogen and oxygen atoms in total. The summed E-state index contributed by atoms with van der Waals surface area (Å²) < 4.78 is 5.91. The Morgan fingerprint density at radius 1 is 1.15 bits per heavy atom. The summed E-state index contributed by atoms with van der Waals surface area (Å²) in [5, 5.41) is 4.61. The van der Waals surface area contributed by atoms with Crippen LogP contribution in [0.25, 0.3) is 22.2 Å². The second kappa shape index (κ2) is 4.76. The quantitative estimate of drug-likeness (QED) is 0.780. The molecule has 0 bridgehead atoms. The van der Waals surface area contributed by atoms with Crippen LogP contribution < -0.4 is 5.32 Å². The lowest BCUT2D eigenvalue weighted by molar-refractivity contribution is 0.492. The molecule has 1 fully saturated rings. The lowest BCUT2D eigenvalue weighted by Crippen LogP contribution is -2.14. The van der Waals surface area contributed by atoms with Crippen molar-refractivity contribution in [2.45, 2.75) is 25.4 Å². The molecule has 1 aliphatic rings. The fraction of sp³-hybridized carbons (Fsp3) is 0.235. The van der Waals surface area contributed by atoms with Gasteiger partial charge in [-0.2, -0.15) is 0 Å². The van der Waals surface area contributed by atoms with Gasteiger partial charge in [-0.3, -0.25) is 4.98 Å². The van der Waals surface area contributed by atoms with E-state index in [1.165, 1.54) is 12.8 Å². The zero-order valence-corrected chi connectivity index (χ0v) is 11.2. The Balaban J connectivity index is 1.60. The van der Waals surface area contributed by atoms with Crippen LogP contribution in [0.3, 0.4) is 0 Å². The average molecular weight is 264 g/mol. The van der Waals surface area contributed by atoms with E-state index >= 15 is 0 Å². The summed E-state index contributed by atoms with van der Waals surface area (Å²) in [5.74, 6) is 1.90. The normalized spacial score (nSPS) is 14.8. The number of nitrogens with zero attached hydrogens (tertiary/aromatic N) is 1. The van der Waals surface area contributed by atoms with Gasteiger partial charge in [-0.1, -0.05) is 18.2 Å². The first-order valence-electron chi connectivity index (χ1n) is 7.06. The Morgan fingerprint density at radius 2 is 2.10 bits per heavy atom. The number of hydrogen-bond donors (Lipinski definition) is 1. The van der Waals surface area contributed by atoms with Gasteiger partial charge in [0.1, 0.15) is 11.5 Å². The third-order valence-electron chi connectivity index (χ3n) is 3.69. The molecular weight excluding hydrogens is 248 g/mol. The Labute approximate surface area is 117 Å². The van der Waals surface area contributed by atoms with Crippen LogP contribution in [0.1, 0.15) is 18.6 Å². The second-order valence-corrected chi connectivity index (χ2v) is 5.33. The average Bonchev–Trinajstić information content (AvgIpc) is 3.21. The van der Waals surface area contributed by atoms with Crippen molar-refractivity contribution >= 4 is 10.9 Å². The van der Waals surface area contributed by atoms with Gasteiger partial charge >= 0.3 is 0 Å². The monoisotopic (exact) mass is 264 g/mol. The SMILES string of the molecule is c1cnc2cc(-c3ccc(CNC4CC4)o3)ccc2c1. The summed E-state index contributed by atoms with van der Waals surface area (Å²) in [5.41, 5.74) is 2.08. The van der Waals surface area contributed by atoms with Crippen molar-refractivity contribution in [1.29, 1.82) is 0 Å². The molecule has 0 aliphatic heterocycles. The van der Waals surface area contributed by atoms with E-state index < -0.39 is 0 Å². The Kier molecular flexibility index (Phi) is 2.78. The van der Waals surface area contributed by atoms with Crippen LogP contribution >= 0.6 is 0 Å². The van der Waals surface area contributed by atoms with E-state index in [9.17, 15) is 0 Å². The van der Waals surface area contributed by atoms with Crippen molar-refractivity contribution in [2.75, 3.05) is 0 Å². The van der Waals surface area contributed by atoms with Crippen LogP contribution in [0.2, 0.25) is 0 Å². The summed E-state index contributed by atoms with van der Waals surface area (Å²) in [6.45, 7) is 0.816. The van der Waals surface area contributed by atoms with Crippen LogP contribution in [0.15, 0.2) is 53.1 Å². The summed E-state index contributed by atoms with van der Waals surface area (Å²) in [6.07, 6.45) is 4.41. The molecule has 1 saturated carbocycles. The largest absolute Gasteiger partial charge is 0.460 e. The van der Waals surface area contributed by atoms with E-state index in [0.29, 0.717) is 6.04 Å². The Hall–Kier alpha value is -2.13. The minimum atomic E-state index is 0.702. The maximum absolute atomic E-state index is 5.91. The van der Waals surface area contributed by atoms with Crippen molar-refractivity contribution in [3.8, 4) is 11.3 Å². The van der Waals surface area contributed by atoms with Gasteiger partial charge in [-0.25, -0.2) is 0 Å². The third kappa shape index (κ3) is 2.32. The molecule has 1 aliphatic carbocycles. The van der Waals surface area contributed by atoms with E-state index in [0.717, 1.165) is 34.5 Å². The van der Waals surface area contributed by atoms with E-state index in [1.54, 1.807) is 0 Å². The smallest absolute Gasteiger partial charge is 0.134 e. The fourth-order valence-electron chi connectivity index (χ4n) is 2.38. The second-order valence-electron chi connectivity index (χ2n) is 5.33. The minimum absolute atomic E-state index is 0.702. The predicted octanol–water partition coefficient (Wildman–Crippen LogP) is 3.75. The molecule has 2 heterocycles. The van der Waals surface area contributed by atoms with Gasteiger partial charge in [0.15, 0.2) is 0 Å². The maximum atomic E-state index is 5.91. The Bertz CT molecular complexity index is 743. The number of pyridine rings is 1. The first kappa shape index (κ1) is 11.7. The maximum Gasteiger partial charge on any atom is 0.134 e. The molecule has 0 unspecified atom stereocenters. The van der Waals surface area contributed by atoms with Gasteiger partial charge in [0.05, 0.1) is 12.1 Å². The lowest BCUT2D eigenvalue weighted by Gasteiger charge is -2.01. The molecule has 1 aromatic carbocycles. The number of hydrogen-bond acceptors (Lipinski definition) is 3. The van der Waals surface area contributed by atoms with E-state index in [1.807, 2.05) is 24.4 Å². The molecule has 4 rings (SSSR count). The van der Waals surface area contributed by atoms with Gasteiger partial charge in [0.2, 0.25) is 0 Å². The van der Waals surface area contributed by atoms with Crippen LogP contribution in [-0.4, -0.2) is 11.0 Å². The van der Waals surface area contributed by atoms with Crippen molar-refractivity contribution in [1.82, 2.24) is 10.3 Å². The highest BCUT2D eigenvalue weighted by Gasteiger charge is 2.20. The van der Waals surface area contributed by atoms with Crippen LogP contribution in [0.4, 0.5) is 0 Å². The molecule has 0 radical (unpaired) electrons. The van der Waals surface area contributed by atoms with Crippen molar-refractivity contribution in [3.63, 3.8) is 0 Å². The number of benzene rings is 1. The van der Waals surface area contributed by atoms with Crippen molar-refractivity contribution in [3.05, 3.63) is 54.4 Å². The van der Waals surface area contributed by atoms with Crippen LogP contribution in [0.5, 0.6) is 0 Å². The zero-order valence-electron chi connectivity index (χ0n) is 11.2. The number of furan rings is 1. The highest BCUT2D eigenvalue weighted by molar-refractivity contribution is 5.83. The minimum Gasteiger partial charge on any atom is -0.460 e. The van der Waals surface area contributed by atoms with Gasteiger partial charge in [0.25, 0.3) is 0 Å². The highest BCUT2D eigenvalue weighted by Crippen LogP contribution is 2.26. The molecule has 20 heavy (non-hydrogen) atoms. The molecule has 3 heteroatoms. The van der Waals surface area contributed by atoms with Crippen LogP contribution in [0, 0.1) is 0 Å². The molecule has 0 atom stereocenters. The molecule has 2 aromatic heterocycles. The number of nitrogens with one attached hydrogen (secondary N) is 1. The highest BCUT2D eigenvalue weighted by atomic mass is 16.3. The number of aromatic nitrogens is 1. The fourth-order valence-corrected chi connectivity index (χ4v) is 2.38. The third-order valence-corrected chi connectivity index (χ3v) is 3.69. The first-order valence-corrected chi connectivity index (χ1v) is 7.06. The van der Waals surface area contributed by atoms with E-state index in [2.05, 4.69) is 34.6 Å². The number of fused-ring (bicyclic) bond motifs is 1. The first-order chi connectivity index (χ1) is 9.88. The topological polar surface area (TPSA) is 38.1 Å². The summed E-state index contributed by atoms with van der Waals surface area (Å²) in [6, 6.07) is 15.1. The van der Waals surface area contributed by atoms with Crippen LogP contribution in [-0.2, 0) is 6.54 Å². The van der Waals surface area contributed by atoms with Gasteiger partial charge in [-0.05, 0) is 37.1 Å². The molecule has 0 amide bonds. The standard InChI is InChI=1S/C17H16N2O/c1-2-12-3-4-13(10-16(12)18-9-1)17-8-7-15(20-17)11-19-14-5-6-14/h1-4,7-10,14,19H,5-6,11H2. The molecule has 3 aromatic rings. The van der Waals surface area contributed by atoms with Gasteiger partial charge in [-0.15, -0.1) is 0 Å². The van der Waals surface area contributed by atoms with E-state index in [4.69, 9.17) is 4.42 Å². The molecule has 0 saturated heterocycles. The molecular formula is C17H16N2O. The molecule has 100 valence electrons. The summed E-state index contributed by atoms with van der Waals surface area (Å²) in [7, 11) is 0. The zero-order chi connectivity index (χ0) is 13.4. The predicted molar refractivity (Wildman–Crippen MR) is 79.3 cm³/mol.